The van der Waals surface area contributed by atoms with E-state index in [0.29, 0.717) is 22.6 Å². The van der Waals surface area contributed by atoms with Crippen LogP contribution < -0.4 is 10.0 Å². The molecule has 26 heavy (non-hydrogen) atoms. The van der Waals surface area contributed by atoms with E-state index in [9.17, 15) is 26.4 Å². The van der Waals surface area contributed by atoms with Gasteiger partial charge in [-0.2, -0.15) is 18.3 Å². The largest absolute Gasteiger partial charge is 0.402 e. The zero-order chi connectivity index (χ0) is 19.7. The molecule has 0 radical (unpaired) electrons. The fourth-order valence-electron chi connectivity index (χ4n) is 2.27. The normalized spacial score (nSPS) is 12.2. The second-order valence-electron chi connectivity index (χ2n) is 5.59. The summed E-state index contributed by atoms with van der Waals surface area (Å²) in [5.41, 5.74) is 1.90. The molecule has 0 bridgehead atoms. The van der Waals surface area contributed by atoms with Crippen LogP contribution >= 0.6 is 0 Å². The quantitative estimate of drug-likeness (QED) is 0.818. The van der Waals surface area contributed by atoms with Crippen molar-refractivity contribution in [1.29, 1.82) is 0 Å². The van der Waals surface area contributed by atoms with Gasteiger partial charge < -0.3 is 5.32 Å². The number of carbonyl (C=O) groups is 1. The van der Waals surface area contributed by atoms with Crippen molar-refractivity contribution >= 4 is 21.6 Å². The first-order valence-electron chi connectivity index (χ1n) is 7.39. The Morgan fingerprint density at radius 3 is 2.23 bits per heavy atom. The van der Waals surface area contributed by atoms with E-state index in [1.807, 2.05) is 0 Å². The summed E-state index contributed by atoms with van der Waals surface area (Å²) >= 11 is 0. The van der Waals surface area contributed by atoms with Gasteiger partial charge in [0.25, 0.3) is 5.91 Å². The molecule has 1 aromatic carbocycles. The highest BCUT2D eigenvalue weighted by molar-refractivity contribution is 7.89. The lowest BCUT2D eigenvalue weighted by Gasteiger charge is -2.10. The van der Waals surface area contributed by atoms with Crippen LogP contribution in [0.2, 0.25) is 0 Å². The predicted molar refractivity (Wildman–Crippen MR) is 88.3 cm³/mol. The van der Waals surface area contributed by atoms with Crippen LogP contribution in [0.1, 0.15) is 21.7 Å². The van der Waals surface area contributed by atoms with E-state index in [2.05, 4.69) is 10.4 Å². The number of benzene rings is 1. The van der Waals surface area contributed by atoms with Gasteiger partial charge in [-0.05, 0) is 38.1 Å². The van der Waals surface area contributed by atoms with Crippen LogP contribution in [0.4, 0.5) is 18.9 Å². The number of halogens is 3. The molecule has 0 unspecified atom stereocenters. The lowest BCUT2D eigenvalue weighted by atomic mass is 10.2. The summed E-state index contributed by atoms with van der Waals surface area (Å²) in [5, 5.41) is 6.74. The Labute approximate surface area is 148 Å². The first-order valence-corrected chi connectivity index (χ1v) is 8.87. The second kappa shape index (κ2) is 7.08. The van der Waals surface area contributed by atoms with Crippen molar-refractivity contribution in [1.82, 2.24) is 14.5 Å². The highest BCUT2D eigenvalue weighted by atomic mass is 32.2. The fraction of sp³-hybridized carbons (Fsp3) is 0.333. The molecule has 2 aromatic rings. The molecule has 0 saturated heterocycles. The molecular formula is C15H17F3N4O3S. The fourth-order valence-corrected chi connectivity index (χ4v) is 3.29. The van der Waals surface area contributed by atoms with E-state index < -0.39 is 28.7 Å². The van der Waals surface area contributed by atoms with E-state index in [1.54, 1.807) is 25.6 Å². The predicted octanol–water partition coefficient (Wildman–Crippen LogP) is 2.13. The van der Waals surface area contributed by atoms with Crippen LogP contribution in [0.5, 0.6) is 0 Å². The smallest absolute Gasteiger partial charge is 0.322 e. The molecule has 2 rings (SSSR count). The number of anilines is 1. The van der Waals surface area contributed by atoms with E-state index in [0.717, 1.165) is 12.1 Å². The Balaban J connectivity index is 2.13. The minimum atomic E-state index is -4.65. The molecular weight excluding hydrogens is 373 g/mol. The molecule has 0 fully saturated rings. The molecule has 1 heterocycles. The number of aryl methyl sites for hydroxylation is 2. The second-order valence-corrected chi connectivity index (χ2v) is 7.35. The maximum atomic E-state index is 12.3. The van der Waals surface area contributed by atoms with Crippen LogP contribution in [0.3, 0.4) is 0 Å². The van der Waals surface area contributed by atoms with Gasteiger partial charge in [0, 0.05) is 18.4 Å². The summed E-state index contributed by atoms with van der Waals surface area (Å²) in [6.07, 6.45) is -4.65. The lowest BCUT2D eigenvalue weighted by Crippen LogP contribution is -2.33. The van der Waals surface area contributed by atoms with Crippen molar-refractivity contribution in [3.05, 3.63) is 41.2 Å². The Morgan fingerprint density at radius 2 is 1.77 bits per heavy atom. The highest BCUT2D eigenvalue weighted by Crippen LogP contribution is 2.19. The third kappa shape index (κ3) is 4.61. The molecule has 0 aliphatic carbocycles. The molecule has 1 aromatic heterocycles. The first kappa shape index (κ1) is 19.9. The van der Waals surface area contributed by atoms with Crippen molar-refractivity contribution in [2.75, 3.05) is 11.9 Å². The molecule has 1 amide bonds. The Hall–Kier alpha value is -2.40. The van der Waals surface area contributed by atoms with Crippen molar-refractivity contribution in [3.63, 3.8) is 0 Å². The van der Waals surface area contributed by atoms with E-state index in [4.69, 9.17) is 0 Å². The van der Waals surface area contributed by atoms with Gasteiger partial charge in [0.05, 0.1) is 16.2 Å². The van der Waals surface area contributed by atoms with Gasteiger partial charge in [0.1, 0.15) is 6.54 Å². The number of nitrogens with zero attached hydrogens (tertiary/aromatic N) is 2. The van der Waals surface area contributed by atoms with Gasteiger partial charge >= 0.3 is 6.18 Å². The molecule has 11 heteroatoms. The number of hydrogen-bond donors (Lipinski definition) is 2. The maximum absolute atomic E-state index is 12.3. The standard InChI is InChI=1S/C15H17F3N4O3S/c1-9-13(10(2)22(3)21-9)14(23)20-11-4-6-12(7-5-11)26(24,25)19-8-15(16,17)18/h4-7,19H,8H2,1-3H3,(H,20,23). The van der Waals surface area contributed by atoms with Gasteiger partial charge in [0.2, 0.25) is 10.0 Å². The van der Waals surface area contributed by atoms with Crippen LogP contribution in [0.15, 0.2) is 29.2 Å². The summed E-state index contributed by atoms with van der Waals surface area (Å²) in [6.45, 7) is 1.76. The van der Waals surface area contributed by atoms with Crippen LogP contribution in [-0.4, -0.2) is 36.8 Å². The zero-order valence-corrected chi connectivity index (χ0v) is 15.0. The molecule has 0 atom stereocenters. The number of carbonyl (C=O) groups excluding carboxylic acids is 1. The topological polar surface area (TPSA) is 93.1 Å². The van der Waals surface area contributed by atoms with Gasteiger partial charge in [-0.3, -0.25) is 9.48 Å². The Morgan fingerprint density at radius 1 is 1.19 bits per heavy atom. The van der Waals surface area contributed by atoms with E-state index in [1.165, 1.54) is 16.9 Å². The van der Waals surface area contributed by atoms with Crippen molar-refractivity contribution in [3.8, 4) is 0 Å². The number of amides is 1. The molecule has 0 saturated carbocycles. The zero-order valence-electron chi connectivity index (χ0n) is 14.2. The Bertz CT molecular complexity index is 919. The van der Waals surface area contributed by atoms with Gasteiger partial charge in [0.15, 0.2) is 0 Å². The first-order chi connectivity index (χ1) is 11.9. The Kier molecular flexibility index (Phi) is 5.42. The molecule has 7 nitrogen and oxygen atoms in total. The van der Waals surface area contributed by atoms with Crippen LogP contribution in [-0.2, 0) is 17.1 Å². The summed E-state index contributed by atoms with van der Waals surface area (Å²) in [4.78, 5) is 12.0. The summed E-state index contributed by atoms with van der Waals surface area (Å²) in [5.74, 6) is -0.418. The van der Waals surface area contributed by atoms with Gasteiger partial charge in [-0.1, -0.05) is 0 Å². The molecule has 2 N–H and O–H groups in total. The maximum Gasteiger partial charge on any atom is 0.402 e. The third-order valence-corrected chi connectivity index (χ3v) is 5.04. The minimum absolute atomic E-state index is 0.299. The molecule has 0 aliphatic heterocycles. The number of nitrogens with one attached hydrogen (secondary N) is 2. The van der Waals surface area contributed by atoms with Crippen LogP contribution in [0, 0.1) is 13.8 Å². The van der Waals surface area contributed by atoms with Crippen molar-refractivity contribution in [2.45, 2.75) is 24.9 Å². The van der Waals surface area contributed by atoms with Crippen LogP contribution in [0.25, 0.3) is 0 Å². The monoisotopic (exact) mass is 390 g/mol. The summed E-state index contributed by atoms with van der Waals surface area (Å²) in [7, 11) is -2.60. The van der Waals surface area contributed by atoms with Crippen molar-refractivity contribution < 1.29 is 26.4 Å². The summed E-state index contributed by atoms with van der Waals surface area (Å²) < 4.78 is 63.1. The number of hydrogen-bond acceptors (Lipinski definition) is 4. The van der Waals surface area contributed by atoms with E-state index >= 15 is 0 Å². The number of sulfonamides is 1. The summed E-state index contributed by atoms with van der Waals surface area (Å²) in [6, 6.07) is 4.80. The van der Waals surface area contributed by atoms with E-state index in [-0.39, 0.29) is 4.90 Å². The minimum Gasteiger partial charge on any atom is -0.322 e. The third-order valence-electron chi connectivity index (χ3n) is 3.62. The van der Waals surface area contributed by atoms with Crippen molar-refractivity contribution in [2.24, 2.45) is 7.05 Å². The number of aromatic nitrogens is 2. The molecule has 0 aliphatic rings. The highest BCUT2D eigenvalue weighted by Gasteiger charge is 2.30. The SMILES string of the molecule is Cc1nn(C)c(C)c1C(=O)Nc1ccc(S(=O)(=O)NCC(F)(F)F)cc1. The number of rotatable bonds is 5. The lowest BCUT2D eigenvalue weighted by molar-refractivity contribution is -0.121. The average Bonchev–Trinajstić information content (AvgIpc) is 2.78. The average molecular weight is 390 g/mol. The molecule has 142 valence electrons. The van der Waals surface area contributed by atoms with Gasteiger partial charge in [-0.15, -0.1) is 0 Å². The number of alkyl halides is 3. The molecule has 0 spiro atoms. The van der Waals surface area contributed by atoms with Gasteiger partial charge in [-0.25, -0.2) is 13.1 Å².